The van der Waals surface area contributed by atoms with Crippen molar-refractivity contribution >= 4 is 36.4 Å². The van der Waals surface area contributed by atoms with Crippen LogP contribution in [0.1, 0.15) is 24.5 Å². The fourth-order valence-corrected chi connectivity index (χ4v) is 3.67. The van der Waals surface area contributed by atoms with Crippen LogP contribution in [-0.2, 0) is 22.5 Å². The van der Waals surface area contributed by atoms with Gasteiger partial charge in [-0.05, 0) is 30.5 Å². The van der Waals surface area contributed by atoms with Crippen molar-refractivity contribution in [1.82, 2.24) is 9.80 Å². The van der Waals surface area contributed by atoms with E-state index in [2.05, 4.69) is 24.0 Å². The van der Waals surface area contributed by atoms with Crippen molar-refractivity contribution in [2.24, 2.45) is 0 Å². The number of nitrogens with two attached hydrogens (primary N) is 1. The predicted octanol–water partition coefficient (Wildman–Crippen LogP) is 3.79. The number of ether oxygens (including phenoxy) is 1. The van der Waals surface area contributed by atoms with Crippen LogP contribution in [0.5, 0.6) is 0 Å². The van der Waals surface area contributed by atoms with Crippen LogP contribution >= 0.6 is 24.8 Å². The lowest BCUT2D eigenvalue weighted by molar-refractivity contribution is -0.134. The van der Waals surface area contributed by atoms with E-state index in [1.807, 2.05) is 47.4 Å². The number of benzene rings is 2. The molecule has 1 fully saturated rings. The van der Waals surface area contributed by atoms with Gasteiger partial charge >= 0.3 is 0 Å². The second kappa shape index (κ2) is 13.5. The van der Waals surface area contributed by atoms with Gasteiger partial charge in [-0.2, -0.15) is 0 Å². The average molecular weight is 454 g/mol. The Bertz CT molecular complexity index is 755. The van der Waals surface area contributed by atoms with Crippen LogP contribution in [0, 0.1) is 0 Å². The molecule has 0 bridgehead atoms. The van der Waals surface area contributed by atoms with Crippen molar-refractivity contribution in [1.29, 1.82) is 0 Å². The van der Waals surface area contributed by atoms with E-state index in [-0.39, 0.29) is 36.8 Å². The van der Waals surface area contributed by atoms with Crippen LogP contribution < -0.4 is 5.73 Å². The average Bonchev–Trinajstić information content (AvgIpc) is 2.72. The van der Waals surface area contributed by atoms with E-state index in [1.54, 1.807) is 0 Å². The number of carbonyl (C=O) groups excluding carboxylic acids is 1. The first-order valence-electron chi connectivity index (χ1n) is 10.1. The molecule has 1 saturated heterocycles. The summed E-state index contributed by atoms with van der Waals surface area (Å²) in [7, 11) is 0. The minimum absolute atomic E-state index is 0. The summed E-state index contributed by atoms with van der Waals surface area (Å²) in [6.45, 7) is 7.05. The molecule has 5 nitrogen and oxygen atoms in total. The van der Waals surface area contributed by atoms with Crippen LogP contribution in [0.3, 0.4) is 0 Å². The molecule has 2 aromatic carbocycles. The highest BCUT2D eigenvalue weighted by Gasteiger charge is 2.23. The van der Waals surface area contributed by atoms with Crippen molar-refractivity contribution in [3.8, 4) is 0 Å². The molecule has 3 rings (SSSR count). The van der Waals surface area contributed by atoms with E-state index in [9.17, 15) is 4.79 Å². The molecule has 1 atom stereocenters. The maximum absolute atomic E-state index is 13.2. The van der Waals surface area contributed by atoms with Gasteiger partial charge in [0.25, 0.3) is 0 Å². The summed E-state index contributed by atoms with van der Waals surface area (Å²) >= 11 is 0. The Kier molecular flexibility index (Phi) is 11.8. The summed E-state index contributed by atoms with van der Waals surface area (Å²) in [5.41, 5.74) is 9.00. The smallest absolute Gasteiger partial charge is 0.223 e. The Morgan fingerprint density at radius 2 is 1.70 bits per heavy atom. The van der Waals surface area contributed by atoms with Crippen molar-refractivity contribution < 1.29 is 9.53 Å². The third-order valence-corrected chi connectivity index (χ3v) is 5.34. The summed E-state index contributed by atoms with van der Waals surface area (Å²) < 4.78 is 5.45. The van der Waals surface area contributed by atoms with E-state index in [4.69, 9.17) is 10.5 Å². The summed E-state index contributed by atoms with van der Waals surface area (Å²) in [5, 5.41) is 0. The van der Waals surface area contributed by atoms with Crippen LogP contribution in [-0.4, -0.2) is 54.6 Å². The van der Waals surface area contributed by atoms with E-state index in [0.717, 1.165) is 49.7 Å². The molecule has 0 saturated carbocycles. The number of halogens is 2. The van der Waals surface area contributed by atoms with E-state index in [1.165, 1.54) is 0 Å². The number of aryl methyl sites for hydroxylation is 1. The van der Waals surface area contributed by atoms with E-state index >= 15 is 0 Å². The van der Waals surface area contributed by atoms with Gasteiger partial charge in [0.05, 0.1) is 13.2 Å². The molecule has 2 N–H and O–H groups in total. The van der Waals surface area contributed by atoms with Gasteiger partial charge in [-0.1, -0.05) is 48.5 Å². The molecule has 0 spiro atoms. The van der Waals surface area contributed by atoms with Crippen LogP contribution in [0.15, 0.2) is 54.6 Å². The summed E-state index contributed by atoms with van der Waals surface area (Å²) in [5.74, 6) is 0.174. The van der Waals surface area contributed by atoms with E-state index in [0.29, 0.717) is 19.4 Å². The number of anilines is 1. The molecule has 1 aliphatic heterocycles. The zero-order valence-electron chi connectivity index (χ0n) is 17.5. The minimum Gasteiger partial charge on any atom is -0.399 e. The first-order valence-corrected chi connectivity index (χ1v) is 10.1. The molecular weight excluding hydrogens is 421 g/mol. The second-order valence-electron chi connectivity index (χ2n) is 7.47. The molecule has 166 valence electrons. The highest BCUT2D eigenvalue weighted by Crippen LogP contribution is 2.16. The summed E-state index contributed by atoms with van der Waals surface area (Å²) in [6, 6.07) is 18.1. The Morgan fingerprint density at radius 3 is 2.37 bits per heavy atom. The fraction of sp³-hybridized carbons (Fsp3) is 0.435. The number of para-hydroxylation sites is 1. The highest BCUT2D eigenvalue weighted by molar-refractivity contribution is 5.85. The highest BCUT2D eigenvalue weighted by atomic mass is 35.5. The van der Waals surface area contributed by atoms with Crippen molar-refractivity contribution in [2.45, 2.75) is 32.4 Å². The van der Waals surface area contributed by atoms with Gasteiger partial charge in [0, 0.05) is 44.3 Å². The monoisotopic (exact) mass is 453 g/mol. The van der Waals surface area contributed by atoms with Gasteiger partial charge in [0.2, 0.25) is 5.91 Å². The number of rotatable bonds is 8. The molecule has 1 aliphatic rings. The lowest BCUT2D eigenvalue weighted by atomic mass is 10.1. The number of amides is 1. The maximum atomic E-state index is 13.2. The largest absolute Gasteiger partial charge is 0.399 e. The lowest BCUT2D eigenvalue weighted by Crippen LogP contribution is -2.48. The van der Waals surface area contributed by atoms with Gasteiger partial charge in [-0.25, -0.2) is 0 Å². The maximum Gasteiger partial charge on any atom is 0.223 e. The zero-order valence-corrected chi connectivity index (χ0v) is 19.2. The Hall–Kier alpha value is -1.79. The van der Waals surface area contributed by atoms with Gasteiger partial charge in [0.1, 0.15) is 0 Å². The Balaban J connectivity index is 0.00000225. The zero-order chi connectivity index (χ0) is 19.8. The topological polar surface area (TPSA) is 58.8 Å². The minimum atomic E-state index is 0. The quantitative estimate of drug-likeness (QED) is 0.617. The number of hydrogen-bond acceptors (Lipinski definition) is 4. The molecule has 1 amide bonds. The number of morpholine rings is 1. The van der Waals surface area contributed by atoms with Crippen LogP contribution in [0.2, 0.25) is 0 Å². The third kappa shape index (κ3) is 7.80. The molecule has 1 unspecified atom stereocenters. The number of nitrogen functional groups attached to an aromatic ring is 1. The Morgan fingerprint density at radius 1 is 1.07 bits per heavy atom. The fourth-order valence-electron chi connectivity index (χ4n) is 3.67. The molecule has 7 heteroatoms. The summed E-state index contributed by atoms with van der Waals surface area (Å²) in [4.78, 5) is 17.6. The SMILES string of the molecule is CC(CN1CCOCC1)N(Cc1ccccc1)C(=O)CCc1ccccc1N.Cl.Cl. The van der Waals surface area contributed by atoms with Gasteiger partial charge in [0.15, 0.2) is 0 Å². The normalized spacial score (nSPS) is 14.8. The first-order chi connectivity index (χ1) is 13.6. The standard InChI is InChI=1S/C23H31N3O2.2ClH/c1-19(17-25-13-15-28-16-14-25)26(18-20-7-3-2-4-8-20)23(27)12-11-21-9-5-6-10-22(21)24;;/h2-10,19H,11-18,24H2,1H3;2*1H. The van der Waals surface area contributed by atoms with Crippen LogP contribution in [0.4, 0.5) is 5.69 Å². The molecule has 0 aliphatic carbocycles. The van der Waals surface area contributed by atoms with Crippen molar-refractivity contribution in [3.05, 3.63) is 65.7 Å². The molecule has 0 radical (unpaired) electrons. The van der Waals surface area contributed by atoms with Gasteiger partial charge < -0.3 is 15.4 Å². The Labute approximate surface area is 192 Å². The molecule has 0 aromatic heterocycles. The van der Waals surface area contributed by atoms with E-state index < -0.39 is 0 Å². The number of carbonyl (C=O) groups is 1. The number of nitrogens with zero attached hydrogens (tertiary/aromatic N) is 2. The molecular formula is C23H33Cl2N3O2. The third-order valence-electron chi connectivity index (χ3n) is 5.34. The summed E-state index contributed by atoms with van der Waals surface area (Å²) in [6.07, 6.45) is 1.13. The number of hydrogen-bond donors (Lipinski definition) is 1. The van der Waals surface area contributed by atoms with Gasteiger partial charge in [-0.15, -0.1) is 24.8 Å². The van der Waals surface area contributed by atoms with Gasteiger partial charge in [-0.3, -0.25) is 9.69 Å². The molecule has 30 heavy (non-hydrogen) atoms. The van der Waals surface area contributed by atoms with Crippen molar-refractivity contribution in [2.75, 3.05) is 38.6 Å². The van der Waals surface area contributed by atoms with Crippen molar-refractivity contribution in [3.63, 3.8) is 0 Å². The first kappa shape index (κ1) is 26.2. The molecule has 2 aromatic rings. The molecule has 1 heterocycles. The predicted molar refractivity (Wildman–Crippen MR) is 127 cm³/mol. The lowest BCUT2D eigenvalue weighted by Gasteiger charge is -2.35. The van der Waals surface area contributed by atoms with Crippen LogP contribution in [0.25, 0.3) is 0 Å². The second-order valence-corrected chi connectivity index (χ2v) is 7.47.